The second-order valence-electron chi connectivity index (χ2n) is 7.17. The molecular formula is C17H30IN5O. The summed E-state index contributed by atoms with van der Waals surface area (Å²) in [5.41, 5.74) is 1.49. The normalized spacial score (nSPS) is 20.6. The Labute approximate surface area is 162 Å². The number of aryl methyl sites for hydroxylation is 1. The van der Waals surface area contributed by atoms with Crippen LogP contribution in [-0.2, 0) is 6.54 Å². The van der Waals surface area contributed by atoms with E-state index in [0.717, 1.165) is 63.2 Å². The number of hydrogen-bond donors (Lipinski definition) is 1. The molecule has 1 saturated heterocycles. The first-order chi connectivity index (χ1) is 11.1. The number of guanidine groups is 1. The zero-order chi connectivity index (χ0) is 16.3. The van der Waals surface area contributed by atoms with E-state index in [-0.39, 0.29) is 24.0 Å². The molecular weight excluding hydrogens is 417 g/mol. The van der Waals surface area contributed by atoms with E-state index in [1.54, 1.807) is 0 Å². The Bertz CT molecular complexity index is 547. The van der Waals surface area contributed by atoms with E-state index in [1.807, 2.05) is 13.0 Å². The third-order valence-electron chi connectivity index (χ3n) is 4.78. The quantitative estimate of drug-likeness (QED) is 0.427. The minimum absolute atomic E-state index is 0. The molecule has 0 bridgehead atoms. The molecule has 136 valence electrons. The molecule has 24 heavy (non-hydrogen) atoms. The molecule has 2 heterocycles. The summed E-state index contributed by atoms with van der Waals surface area (Å²) in [6.07, 6.45) is 2.64. The van der Waals surface area contributed by atoms with Crippen LogP contribution in [0.4, 0.5) is 0 Å². The second kappa shape index (κ2) is 8.51. The maximum absolute atomic E-state index is 5.15. The topological polar surface area (TPSA) is 56.9 Å². The monoisotopic (exact) mass is 447 g/mol. The van der Waals surface area contributed by atoms with Gasteiger partial charge in [-0.05, 0) is 32.1 Å². The number of rotatable bonds is 5. The van der Waals surface area contributed by atoms with Gasteiger partial charge in [0.2, 0.25) is 0 Å². The summed E-state index contributed by atoms with van der Waals surface area (Å²) in [5.74, 6) is 1.96. The van der Waals surface area contributed by atoms with Crippen LogP contribution in [0.2, 0.25) is 0 Å². The molecule has 0 amide bonds. The van der Waals surface area contributed by atoms with Crippen LogP contribution >= 0.6 is 24.0 Å². The Morgan fingerprint density at radius 3 is 2.58 bits per heavy atom. The average molecular weight is 447 g/mol. The van der Waals surface area contributed by atoms with Crippen molar-refractivity contribution in [3.05, 3.63) is 17.5 Å². The first kappa shape index (κ1) is 19.5. The van der Waals surface area contributed by atoms with Crippen LogP contribution in [-0.4, -0.2) is 60.2 Å². The largest absolute Gasteiger partial charge is 0.361 e. The highest BCUT2D eigenvalue weighted by Gasteiger charge is 2.37. The highest BCUT2D eigenvalue weighted by Crippen LogP contribution is 2.45. The fourth-order valence-corrected chi connectivity index (χ4v) is 2.90. The lowest BCUT2D eigenvalue weighted by atomic mass is 10.1. The van der Waals surface area contributed by atoms with E-state index < -0.39 is 0 Å². The Balaban J connectivity index is 0.00000208. The van der Waals surface area contributed by atoms with Gasteiger partial charge in [-0.3, -0.25) is 9.89 Å². The van der Waals surface area contributed by atoms with Gasteiger partial charge in [0.1, 0.15) is 5.76 Å². The molecule has 0 spiro atoms. The van der Waals surface area contributed by atoms with Crippen molar-refractivity contribution >= 4 is 29.9 Å². The summed E-state index contributed by atoms with van der Waals surface area (Å²) in [4.78, 5) is 9.69. The molecule has 1 aromatic rings. The number of nitrogens with zero attached hydrogens (tertiary/aromatic N) is 4. The van der Waals surface area contributed by atoms with Crippen molar-refractivity contribution in [1.82, 2.24) is 20.3 Å². The fourth-order valence-electron chi connectivity index (χ4n) is 2.90. The first-order valence-corrected chi connectivity index (χ1v) is 8.76. The van der Waals surface area contributed by atoms with Crippen molar-refractivity contribution in [2.75, 3.05) is 39.3 Å². The van der Waals surface area contributed by atoms with Crippen LogP contribution in [0.3, 0.4) is 0 Å². The molecule has 0 unspecified atom stereocenters. The van der Waals surface area contributed by atoms with Crippen LogP contribution in [0, 0.1) is 12.3 Å². The highest BCUT2D eigenvalue weighted by atomic mass is 127. The second-order valence-corrected chi connectivity index (χ2v) is 7.17. The molecule has 0 atom stereocenters. The molecule has 1 aliphatic carbocycles. The summed E-state index contributed by atoms with van der Waals surface area (Å²) in [7, 11) is 0. The average Bonchev–Trinajstić information content (AvgIpc) is 3.14. The van der Waals surface area contributed by atoms with E-state index in [0.29, 0.717) is 5.41 Å². The van der Waals surface area contributed by atoms with Crippen molar-refractivity contribution in [3.63, 3.8) is 0 Å². The molecule has 1 N–H and O–H groups in total. The van der Waals surface area contributed by atoms with Crippen LogP contribution in [0.1, 0.15) is 38.1 Å². The van der Waals surface area contributed by atoms with Gasteiger partial charge in [-0.15, -0.1) is 24.0 Å². The van der Waals surface area contributed by atoms with Crippen molar-refractivity contribution < 1.29 is 4.52 Å². The first-order valence-electron chi connectivity index (χ1n) is 8.76. The standard InChI is InChI=1S/C17H29N5O.HI/c1-4-18-16(19-13-17(3)5-6-17)22-9-7-21(8-10-22)12-15-11-14(2)23-20-15;/h11H,4-10,12-13H2,1-3H3,(H,18,19);1H. The third-order valence-corrected chi connectivity index (χ3v) is 4.78. The number of aromatic nitrogens is 1. The van der Waals surface area contributed by atoms with Gasteiger partial charge in [0, 0.05) is 51.9 Å². The fraction of sp³-hybridized carbons (Fsp3) is 0.765. The van der Waals surface area contributed by atoms with Gasteiger partial charge in [-0.1, -0.05) is 12.1 Å². The smallest absolute Gasteiger partial charge is 0.194 e. The van der Waals surface area contributed by atoms with E-state index in [4.69, 9.17) is 9.52 Å². The van der Waals surface area contributed by atoms with E-state index in [1.165, 1.54) is 12.8 Å². The molecule has 0 radical (unpaired) electrons. The Morgan fingerprint density at radius 1 is 1.33 bits per heavy atom. The Kier molecular flexibility index (Phi) is 6.91. The van der Waals surface area contributed by atoms with E-state index in [2.05, 4.69) is 34.1 Å². The van der Waals surface area contributed by atoms with Gasteiger partial charge >= 0.3 is 0 Å². The summed E-state index contributed by atoms with van der Waals surface area (Å²) in [5, 5.41) is 7.54. The molecule has 2 aliphatic rings. The molecule has 1 aromatic heterocycles. The number of aliphatic imine (C=N–C) groups is 1. The van der Waals surface area contributed by atoms with Crippen molar-refractivity contribution in [1.29, 1.82) is 0 Å². The zero-order valence-electron chi connectivity index (χ0n) is 15.0. The lowest BCUT2D eigenvalue weighted by Gasteiger charge is -2.36. The molecule has 1 aliphatic heterocycles. The van der Waals surface area contributed by atoms with Crippen molar-refractivity contribution in [2.24, 2.45) is 10.4 Å². The van der Waals surface area contributed by atoms with Crippen LogP contribution in [0.15, 0.2) is 15.6 Å². The van der Waals surface area contributed by atoms with Gasteiger partial charge < -0.3 is 14.7 Å². The van der Waals surface area contributed by atoms with Crippen molar-refractivity contribution in [2.45, 2.75) is 40.2 Å². The summed E-state index contributed by atoms with van der Waals surface area (Å²) in [6, 6.07) is 2.02. The maximum atomic E-state index is 5.15. The number of hydrogen-bond acceptors (Lipinski definition) is 4. The summed E-state index contributed by atoms with van der Waals surface area (Å²) < 4.78 is 5.15. The number of nitrogens with one attached hydrogen (secondary N) is 1. The van der Waals surface area contributed by atoms with Gasteiger partial charge in [0.15, 0.2) is 5.96 Å². The Hall–Kier alpha value is -0.830. The molecule has 7 heteroatoms. The Morgan fingerprint density at radius 2 is 2.04 bits per heavy atom. The molecule has 3 rings (SSSR count). The number of piperazine rings is 1. The van der Waals surface area contributed by atoms with Gasteiger partial charge in [-0.2, -0.15) is 0 Å². The third kappa shape index (κ3) is 5.34. The minimum Gasteiger partial charge on any atom is -0.361 e. The predicted octanol–water partition coefficient (Wildman–Crippen LogP) is 2.48. The molecule has 2 fully saturated rings. The van der Waals surface area contributed by atoms with Gasteiger partial charge in [-0.25, -0.2) is 0 Å². The van der Waals surface area contributed by atoms with Gasteiger partial charge in [0.25, 0.3) is 0 Å². The van der Waals surface area contributed by atoms with Crippen molar-refractivity contribution in [3.8, 4) is 0 Å². The minimum atomic E-state index is 0. The van der Waals surface area contributed by atoms with Crippen LogP contribution in [0.5, 0.6) is 0 Å². The lowest BCUT2D eigenvalue weighted by Crippen LogP contribution is -2.52. The lowest BCUT2D eigenvalue weighted by molar-refractivity contribution is 0.169. The molecule has 6 nitrogen and oxygen atoms in total. The molecule has 1 saturated carbocycles. The summed E-state index contributed by atoms with van der Waals surface area (Å²) in [6.45, 7) is 13.3. The zero-order valence-corrected chi connectivity index (χ0v) is 17.4. The SMILES string of the molecule is CCNC(=NCC1(C)CC1)N1CCN(Cc2cc(C)on2)CC1.I. The highest BCUT2D eigenvalue weighted by molar-refractivity contribution is 14.0. The van der Waals surface area contributed by atoms with E-state index >= 15 is 0 Å². The van der Waals surface area contributed by atoms with Gasteiger partial charge in [0.05, 0.1) is 5.69 Å². The molecule has 0 aromatic carbocycles. The predicted molar refractivity (Wildman–Crippen MR) is 107 cm³/mol. The van der Waals surface area contributed by atoms with Crippen LogP contribution < -0.4 is 5.32 Å². The van der Waals surface area contributed by atoms with E-state index in [9.17, 15) is 0 Å². The number of halogens is 1. The maximum Gasteiger partial charge on any atom is 0.194 e. The van der Waals surface area contributed by atoms with Crippen LogP contribution in [0.25, 0.3) is 0 Å². The summed E-state index contributed by atoms with van der Waals surface area (Å²) >= 11 is 0.